The fourth-order valence-corrected chi connectivity index (χ4v) is 1.98. The molecule has 0 aliphatic heterocycles. The third kappa shape index (κ3) is 3.29. The van der Waals surface area contributed by atoms with E-state index >= 15 is 0 Å². The SMILES string of the molecule is NCCN(Cc1ccccc1F)c1ccccc1F. The molecule has 0 amide bonds. The Morgan fingerprint density at radius 2 is 1.53 bits per heavy atom. The van der Waals surface area contributed by atoms with Gasteiger partial charge in [0.1, 0.15) is 11.6 Å². The summed E-state index contributed by atoms with van der Waals surface area (Å²) in [6.45, 7) is 1.14. The van der Waals surface area contributed by atoms with Gasteiger partial charge in [-0.2, -0.15) is 0 Å². The lowest BCUT2D eigenvalue weighted by atomic mass is 10.1. The van der Waals surface area contributed by atoms with E-state index in [9.17, 15) is 8.78 Å². The molecule has 2 rings (SSSR count). The summed E-state index contributed by atoms with van der Waals surface area (Å²) in [7, 11) is 0. The zero-order valence-electron chi connectivity index (χ0n) is 10.5. The van der Waals surface area contributed by atoms with Gasteiger partial charge in [0.25, 0.3) is 0 Å². The lowest BCUT2D eigenvalue weighted by molar-refractivity contribution is 0.594. The molecule has 0 saturated carbocycles. The van der Waals surface area contributed by atoms with Gasteiger partial charge in [0, 0.05) is 25.2 Å². The maximum absolute atomic E-state index is 13.8. The average Bonchev–Trinajstić information content (AvgIpc) is 2.41. The number of halogens is 2. The van der Waals surface area contributed by atoms with Crippen molar-refractivity contribution in [2.45, 2.75) is 6.54 Å². The molecule has 0 aliphatic carbocycles. The zero-order chi connectivity index (χ0) is 13.7. The molecule has 0 fully saturated rings. The van der Waals surface area contributed by atoms with Crippen molar-refractivity contribution in [2.75, 3.05) is 18.0 Å². The van der Waals surface area contributed by atoms with E-state index in [0.29, 0.717) is 30.9 Å². The largest absolute Gasteiger partial charge is 0.363 e. The Balaban J connectivity index is 2.27. The lowest BCUT2D eigenvalue weighted by Crippen LogP contribution is -2.30. The van der Waals surface area contributed by atoms with Crippen LogP contribution in [0.4, 0.5) is 14.5 Å². The van der Waals surface area contributed by atoms with Gasteiger partial charge < -0.3 is 10.6 Å². The molecule has 0 aromatic heterocycles. The predicted octanol–water partition coefficient (Wildman–Crippen LogP) is 2.93. The molecular weight excluding hydrogens is 246 g/mol. The molecular formula is C15H16F2N2. The van der Waals surface area contributed by atoms with Gasteiger partial charge in [-0.3, -0.25) is 0 Å². The molecule has 0 aliphatic rings. The number of hydrogen-bond acceptors (Lipinski definition) is 2. The van der Waals surface area contributed by atoms with Crippen LogP contribution in [0.3, 0.4) is 0 Å². The van der Waals surface area contributed by atoms with Crippen LogP contribution in [0.2, 0.25) is 0 Å². The fourth-order valence-electron chi connectivity index (χ4n) is 1.98. The van der Waals surface area contributed by atoms with Crippen molar-refractivity contribution in [2.24, 2.45) is 5.73 Å². The molecule has 2 aromatic carbocycles. The van der Waals surface area contributed by atoms with E-state index in [-0.39, 0.29) is 11.6 Å². The third-order valence-corrected chi connectivity index (χ3v) is 2.91. The van der Waals surface area contributed by atoms with E-state index in [0.717, 1.165) is 0 Å². The van der Waals surface area contributed by atoms with E-state index in [1.54, 1.807) is 41.3 Å². The molecule has 0 radical (unpaired) electrons. The van der Waals surface area contributed by atoms with Crippen molar-refractivity contribution in [3.63, 3.8) is 0 Å². The van der Waals surface area contributed by atoms with E-state index in [4.69, 9.17) is 5.73 Å². The van der Waals surface area contributed by atoms with Gasteiger partial charge in [0.2, 0.25) is 0 Å². The number of anilines is 1. The smallest absolute Gasteiger partial charge is 0.146 e. The molecule has 0 heterocycles. The molecule has 100 valence electrons. The van der Waals surface area contributed by atoms with E-state index in [1.165, 1.54) is 12.1 Å². The highest BCUT2D eigenvalue weighted by atomic mass is 19.1. The minimum atomic E-state index is -0.327. The summed E-state index contributed by atoms with van der Waals surface area (Å²) in [5.74, 6) is -0.617. The van der Waals surface area contributed by atoms with Crippen molar-refractivity contribution in [1.82, 2.24) is 0 Å². The number of rotatable bonds is 5. The van der Waals surface area contributed by atoms with Crippen LogP contribution in [0.5, 0.6) is 0 Å². The maximum atomic E-state index is 13.8. The second-order valence-electron chi connectivity index (χ2n) is 4.25. The first-order valence-electron chi connectivity index (χ1n) is 6.15. The van der Waals surface area contributed by atoms with Crippen LogP contribution < -0.4 is 10.6 Å². The summed E-state index contributed by atoms with van der Waals surface area (Å²) >= 11 is 0. The standard InChI is InChI=1S/C15H16F2N2/c16-13-6-2-1-5-12(13)11-19(10-9-18)15-8-4-3-7-14(15)17/h1-8H,9-11,18H2. The topological polar surface area (TPSA) is 29.3 Å². The summed E-state index contributed by atoms with van der Waals surface area (Å²) in [6, 6.07) is 12.9. The number of benzene rings is 2. The number of hydrogen-bond donors (Lipinski definition) is 1. The second kappa shape index (κ2) is 6.29. The van der Waals surface area contributed by atoms with Gasteiger partial charge in [-0.25, -0.2) is 8.78 Å². The van der Waals surface area contributed by atoms with Crippen LogP contribution >= 0.6 is 0 Å². The van der Waals surface area contributed by atoms with Crippen LogP contribution in [0.1, 0.15) is 5.56 Å². The van der Waals surface area contributed by atoms with E-state index < -0.39 is 0 Å². The quantitative estimate of drug-likeness (QED) is 0.897. The highest BCUT2D eigenvalue weighted by molar-refractivity contribution is 5.48. The van der Waals surface area contributed by atoms with E-state index in [1.807, 2.05) is 0 Å². The maximum Gasteiger partial charge on any atom is 0.146 e. The second-order valence-corrected chi connectivity index (χ2v) is 4.25. The molecule has 2 N–H and O–H groups in total. The van der Waals surface area contributed by atoms with Crippen molar-refractivity contribution >= 4 is 5.69 Å². The molecule has 0 unspecified atom stereocenters. The minimum absolute atomic E-state index is 0.291. The molecule has 2 aromatic rings. The van der Waals surface area contributed by atoms with Crippen molar-refractivity contribution < 1.29 is 8.78 Å². The summed E-state index contributed by atoms with van der Waals surface area (Å²) in [5.41, 5.74) is 6.52. The monoisotopic (exact) mass is 262 g/mol. The first-order chi connectivity index (χ1) is 9.22. The van der Waals surface area contributed by atoms with E-state index in [2.05, 4.69) is 0 Å². The number of nitrogens with two attached hydrogens (primary N) is 1. The Morgan fingerprint density at radius 1 is 0.895 bits per heavy atom. The Bertz CT molecular complexity index is 543. The van der Waals surface area contributed by atoms with Crippen LogP contribution in [-0.4, -0.2) is 13.1 Å². The predicted molar refractivity (Wildman–Crippen MR) is 72.9 cm³/mol. The third-order valence-electron chi connectivity index (χ3n) is 2.91. The summed E-state index contributed by atoms with van der Waals surface area (Å²) < 4.78 is 27.4. The first-order valence-corrected chi connectivity index (χ1v) is 6.15. The van der Waals surface area contributed by atoms with Gasteiger partial charge in [0.15, 0.2) is 0 Å². The molecule has 4 heteroatoms. The van der Waals surface area contributed by atoms with Gasteiger partial charge in [0.05, 0.1) is 5.69 Å². The summed E-state index contributed by atoms with van der Waals surface area (Å²) in [5, 5.41) is 0. The number of nitrogens with zero attached hydrogens (tertiary/aromatic N) is 1. The fraction of sp³-hybridized carbons (Fsp3) is 0.200. The van der Waals surface area contributed by atoms with Crippen LogP contribution in [-0.2, 0) is 6.54 Å². The molecule has 19 heavy (non-hydrogen) atoms. The first kappa shape index (κ1) is 13.5. The summed E-state index contributed by atoms with van der Waals surface area (Å²) in [4.78, 5) is 1.74. The average molecular weight is 262 g/mol. The number of para-hydroxylation sites is 1. The van der Waals surface area contributed by atoms with Gasteiger partial charge in [-0.15, -0.1) is 0 Å². The molecule has 0 atom stereocenters. The van der Waals surface area contributed by atoms with Gasteiger partial charge >= 0.3 is 0 Å². The molecule has 0 bridgehead atoms. The van der Waals surface area contributed by atoms with Crippen molar-refractivity contribution in [3.8, 4) is 0 Å². The lowest BCUT2D eigenvalue weighted by Gasteiger charge is -2.25. The van der Waals surface area contributed by atoms with Crippen molar-refractivity contribution in [3.05, 3.63) is 65.7 Å². The van der Waals surface area contributed by atoms with Crippen LogP contribution in [0, 0.1) is 11.6 Å². The van der Waals surface area contributed by atoms with Crippen LogP contribution in [0.15, 0.2) is 48.5 Å². The van der Waals surface area contributed by atoms with Gasteiger partial charge in [-0.1, -0.05) is 30.3 Å². The molecule has 2 nitrogen and oxygen atoms in total. The zero-order valence-corrected chi connectivity index (χ0v) is 10.5. The molecule has 0 spiro atoms. The highest BCUT2D eigenvalue weighted by Crippen LogP contribution is 2.21. The van der Waals surface area contributed by atoms with Crippen molar-refractivity contribution in [1.29, 1.82) is 0 Å². The summed E-state index contributed by atoms with van der Waals surface area (Å²) in [6.07, 6.45) is 0. The highest BCUT2D eigenvalue weighted by Gasteiger charge is 2.12. The normalized spacial score (nSPS) is 10.5. The Labute approximate surface area is 111 Å². The Morgan fingerprint density at radius 3 is 2.16 bits per heavy atom. The molecule has 0 saturated heterocycles. The Kier molecular flexibility index (Phi) is 4.47. The van der Waals surface area contributed by atoms with Gasteiger partial charge in [-0.05, 0) is 18.2 Å². The minimum Gasteiger partial charge on any atom is -0.363 e. The van der Waals surface area contributed by atoms with Crippen LogP contribution in [0.25, 0.3) is 0 Å². The Hall–Kier alpha value is -1.94.